The van der Waals surface area contributed by atoms with Crippen LogP contribution in [-0.4, -0.2) is 45.7 Å². The highest BCUT2D eigenvalue weighted by atomic mass is 28.4. The zero-order valence-electron chi connectivity index (χ0n) is 20.5. The fraction of sp³-hybridized carbons (Fsp3) is 0.696. The summed E-state index contributed by atoms with van der Waals surface area (Å²) in [5, 5.41) is 0.116. The molecular formula is C23H37BFNO4Si. The van der Waals surface area contributed by atoms with E-state index < -0.39 is 32.5 Å². The van der Waals surface area contributed by atoms with Crippen molar-refractivity contribution in [1.29, 1.82) is 0 Å². The van der Waals surface area contributed by atoms with Crippen LogP contribution in [-0.2, 0) is 18.5 Å². The van der Waals surface area contributed by atoms with Crippen LogP contribution < -0.4 is 10.4 Å². The summed E-state index contributed by atoms with van der Waals surface area (Å²) < 4.78 is 33.4. The Bertz CT molecular complexity index is 836. The molecule has 3 rings (SSSR count). The number of hydrogen-bond acceptors (Lipinski definition) is 4. The van der Waals surface area contributed by atoms with E-state index in [2.05, 4.69) is 33.9 Å². The monoisotopic (exact) mass is 449 g/mol. The van der Waals surface area contributed by atoms with Gasteiger partial charge in [-0.2, -0.15) is 0 Å². The van der Waals surface area contributed by atoms with Gasteiger partial charge in [0.2, 0.25) is 5.91 Å². The van der Waals surface area contributed by atoms with Crippen molar-refractivity contribution in [2.24, 2.45) is 5.92 Å². The van der Waals surface area contributed by atoms with Crippen LogP contribution in [0.15, 0.2) is 18.2 Å². The van der Waals surface area contributed by atoms with Crippen molar-refractivity contribution in [1.82, 2.24) is 0 Å². The number of carbonyl (C=O) groups excluding carboxylic acids is 1. The van der Waals surface area contributed by atoms with E-state index in [1.54, 1.807) is 17.0 Å². The van der Waals surface area contributed by atoms with E-state index in [9.17, 15) is 4.79 Å². The molecule has 2 aliphatic heterocycles. The predicted molar refractivity (Wildman–Crippen MR) is 126 cm³/mol. The van der Waals surface area contributed by atoms with Crippen molar-refractivity contribution >= 4 is 32.5 Å². The van der Waals surface area contributed by atoms with E-state index in [0.29, 0.717) is 30.7 Å². The van der Waals surface area contributed by atoms with Gasteiger partial charge < -0.3 is 18.6 Å². The van der Waals surface area contributed by atoms with Gasteiger partial charge >= 0.3 is 7.12 Å². The number of hydrogen-bond donors (Lipinski definition) is 0. The molecule has 0 unspecified atom stereocenters. The Hall–Kier alpha value is -1.22. The summed E-state index contributed by atoms with van der Waals surface area (Å²) in [5.41, 5.74) is -0.0612. The molecule has 0 saturated carbocycles. The number of carbonyl (C=O) groups is 1. The normalized spacial score (nSPS) is 23.7. The summed E-state index contributed by atoms with van der Waals surface area (Å²) in [7, 11) is -2.52. The highest BCUT2D eigenvalue weighted by Crippen LogP contribution is 2.38. The summed E-state index contributed by atoms with van der Waals surface area (Å²) in [4.78, 5) is 14.2. The highest BCUT2D eigenvalue weighted by Gasteiger charge is 2.52. The average molecular weight is 449 g/mol. The first-order valence-electron chi connectivity index (χ1n) is 11.1. The molecule has 0 N–H and O–H groups in total. The fourth-order valence-corrected chi connectivity index (χ4v) is 4.62. The molecule has 2 heterocycles. The summed E-state index contributed by atoms with van der Waals surface area (Å²) in [6.07, 6.45) is 0.382. The van der Waals surface area contributed by atoms with E-state index in [0.717, 1.165) is 0 Å². The lowest BCUT2D eigenvalue weighted by Gasteiger charge is -2.36. The number of amides is 1. The predicted octanol–water partition coefficient (Wildman–Crippen LogP) is 4.50. The van der Waals surface area contributed by atoms with Gasteiger partial charge in [-0.15, -0.1) is 0 Å². The van der Waals surface area contributed by atoms with E-state index in [4.69, 9.17) is 13.7 Å². The van der Waals surface area contributed by atoms with Gasteiger partial charge in [-0.3, -0.25) is 4.79 Å². The molecule has 0 bridgehead atoms. The Morgan fingerprint density at radius 1 is 1.19 bits per heavy atom. The lowest BCUT2D eigenvalue weighted by Crippen LogP contribution is -2.42. The largest absolute Gasteiger partial charge is 0.494 e. The lowest BCUT2D eigenvalue weighted by molar-refractivity contribution is -0.117. The van der Waals surface area contributed by atoms with Gasteiger partial charge in [-0.1, -0.05) is 26.8 Å². The molecule has 1 amide bonds. The molecule has 5 nitrogen and oxygen atoms in total. The van der Waals surface area contributed by atoms with Crippen molar-refractivity contribution in [2.75, 3.05) is 18.1 Å². The van der Waals surface area contributed by atoms with Gasteiger partial charge in [-0.25, -0.2) is 4.39 Å². The Labute approximate surface area is 187 Å². The van der Waals surface area contributed by atoms with Crippen molar-refractivity contribution in [2.45, 2.75) is 84.2 Å². The summed E-state index contributed by atoms with van der Waals surface area (Å²) >= 11 is 0. The van der Waals surface area contributed by atoms with E-state index in [-0.39, 0.29) is 16.9 Å². The number of anilines is 1. The Balaban J connectivity index is 1.69. The van der Waals surface area contributed by atoms with Crippen LogP contribution in [0.25, 0.3) is 0 Å². The molecule has 31 heavy (non-hydrogen) atoms. The molecule has 1 atom stereocenters. The number of benzene rings is 1. The van der Waals surface area contributed by atoms with Crippen LogP contribution in [0.3, 0.4) is 0 Å². The standard InChI is InChI=1S/C23H37BFNO4Si/c1-21(2,3)31(8,9)28-15-16-12-20(27)26(14-16)19-11-10-17(13-18(19)25)24-29-22(4,5)23(6,7)30-24/h10-11,13,16H,12,14-15H2,1-9H3/t16-/m1/s1. The molecule has 2 fully saturated rings. The quantitative estimate of drug-likeness (QED) is 0.622. The zero-order valence-corrected chi connectivity index (χ0v) is 21.5. The molecule has 2 aliphatic rings. The second kappa shape index (κ2) is 7.97. The van der Waals surface area contributed by atoms with Crippen LogP contribution >= 0.6 is 0 Å². The van der Waals surface area contributed by atoms with Crippen molar-refractivity contribution in [3.05, 3.63) is 24.0 Å². The van der Waals surface area contributed by atoms with Gasteiger partial charge in [0.1, 0.15) is 5.82 Å². The molecule has 0 spiro atoms. The van der Waals surface area contributed by atoms with Gasteiger partial charge in [0.15, 0.2) is 8.32 Å². The van der Waals surface area contributed by atoms with Crippen LogP contribution in [0.4, 0.5) is 10.1 Å². The topological polar surface area (TPSA) is 48.0 Å². The van der Waals surface area contributed by atoms with Crippen LogP contribution in [0, 0.1) is 11.7 Å². The SMILES string of the molecule is CC1(C)OB(c2ccc(N3C[C@H](CO[Si](C)(C)C(C)(C)C)CC3=O)c(F)c2)OC1(C)C. The lowest BCUT2D eigenvalue weighted by atomic mass is 9.79. The summed E-state index contributed by atoms with van der Waals surface area (Å²) in [6, 6.07) is 4.86. The Morgan fingerprint density at radius 2 is 1.77 bits per heavy atom. The van der Waals surface area contributed by atoms with E-state index in [1.807, 2.05) is 27.7 Å². The maximum atomic E-state index is 15.0. The van der Waals surface area contributed by atoms with Gasteiger partial charge in [0, 0.05) is 25.5 Å². The summed E-state index contributed by atoms with van der Waals surface area (Å²) in [6.45, 7) is 19.9. The van der Waals surface area contributed by atoms with Crippen LogP contribution in [0.5, 0.6) is 0 Å². The minimum atomic E-state index is -1.88. The Morgan fingerprint density at radius 3 is 2.29 bits per heavy atom. The third-order valence-electron chi connectivity index (χ3n) is 7.48. The molecule has 1 aromatic carbocycles. The third-order valence-corrected chi connectivity index (χ3v) is 12.0. The first-order chi connectivity index (χ1) is 14.0. The van der Waals surface area contributed by atoms with Gasteiger partial charge in [0.05, 0.1) is 16.9 Å². The van der Waals surface area contributed by atoms with E-state index >= 15 is 4.39 Å². The average Bonchev–Trinajstić information content (AvgIpc) is 3.08. The molecule has 0 aromatic heterocycles. The molecule has 172 valence electrons. The van der Waals surface area contributed by atoms with Crippen molar-refractivity contribution in [3.8, 4) is 0 Å². The van der Waals surface area contributed by atoms with Crippen LogP contribution in [0.2, 0.25) is 18.1 Å². The maximum Gasteiger partial charge on any atom is 0.494 e. The molecule has 0 radical (unpaired) electrons. The molecule has 0 aliphatic carbocycles. The van der Waals surface area contributed by atoms with Crippen molar-refractivity contribution < 1.29 is 22.9 Å². The fourth-order valence-electron chi connectivity index (χ4n) is 3.54. The minimum absolute atomic E-state index is 0.0638. The molecular weight excluding hydrogens is 412 g/mol. The molecule has 8 heteroatoms. The molecule has 2 saturated heterocycles. The van der Waals surface area contributed by atoms with Crippen molar-refractivity contribution in [3.63, 3.8) is 0 Å². The summed E-state index contributed by atoms with van der Waals surface area (Å²) in [5.74, 6) is -0.429. The third kappa shape index (κ3) is 4.77. The Kier molecular flexibility index (Phi) is 6.28. The smallest absolute Gasteiger partial charge is 0.416 e. The zero-order chi connectivity index (χ0) is 23.4. The van der Waals surface area contributed by atoms with E-state index in [1.165, 1.54) is 6.07 Å². The van der Waals surface area contributed by atoms with Gasteiger partial charge in [-0.05, 0) is 63.4 Å². The molecule has 1 aromatic rings. The number of nitrogens with zero attached hydrogens (tertiary/aromatic N) is 1. The minimum Gasteiger partial charge on any atom is -0.416 e. The van der Waals surface area contributed by atoms with Crippen LogP contribution in [0.1, 0.15) is 54.9 Å². The van der Waals surface area contributed by atoms with Gasteiger partial charge in [0.25, 0.3) is 0 Å². The maximum absolute atomic E-state index is 15.0. The number of rotatable bonds is 5. The first kappa shape index (κ1) is 24.4. The number of halogens is 1. The highest BCUT2D eigenvalue weighted by molar-refractivity contribution is 6.74. The second-order valence-electron chi connectivity index (χ2n) is 11.4. The first-order valence-corrected chi connectivity index (χ1v) is 14.0. The second-order valence-corrected chi connectivity index (χ2v) is 16.3.